The van der Waals surface area contributed by atoms with E-state index in [0.717, 1.165) is 53.5 Å². The molecule has 0 bridgehead atoms. The summed E-state index contributed by atoms with van der Waals surface area (Å²) >= 11 is 8.21. The Kier molecular flexibility index (Phi) is 7.15. The number of nitrogens with two attached hydrogens (primary N) is 1. The maximum absolute atomic E-state index is 13.3. The summed E-state index contributed by atoms with van der Waals surface area (Å²) in [6, 6.07) is 14.5. The lowest BCUT2D eigenvalue weighted by molar-refractivity contribution is 0.00749. The van der Waals surface area contributed by atoms with E-state index in [1.807, 2.05) is 38.2 Å². The van der Waals surface area contributed by atoms with Crippen molar-refractivity contribution < 1.29 is 4.74 Å². The zero-order chi connectivity index (χ0) is 28.1. The van der Waals surface area contributed by atoms with Gasteiger partial charge in [0.1, 0.15) is 10.8 Å². The fraction of sp³-hybridized carbons (Fsp3) is 0.387. The van der Waals surface area contributed by atoms with Gasteiger partial charge in [0.25, 0.3) is 5.56 Å². The minimum absolute atomic E-state index is 0.0954. The highest BCUT2D eigenvalue weighted by atomic mass is 35.5. The van der Waals surface area contributed by atoms with Crippen LogP contribution in [0.1, 0.15) is 43.9 Å². The third kappa shape index (κ3) is 4.91. The Bertz CT molecular complexity index is 1610. The molecule has 6 rings (SSSR count). The fourth-order valence-corrected chi connectivity index (χ4v) is 7.25. The van der Waals surface area contributed by atoms with Gasteiger partial charge in [0.15, 0.2) is 0 Å². The summed E-state index contributed by atoms with van der Waals surface area (Å²) in [5, 5.41) is 2.46. The van der Waals surface area contributed by atoms with Crippen molar-refractivity contribution in [3.63, 3.8) is 0 Å². The normalized spacial score (nSPS) is 18.4. The summed E-state index contributed by atoms with van der Waals surface area (Å²) in [6.45, 7) is 6.14. The van der Waals surface area contributed by atoms with Gasteiger partial charge in [-0.2, -0.15) is 0 Å². The van der Waals surface area contributed by atoms with E-state index in [4.69, 9.17) is 27.1 Å². The highest BCUT2D eigenvalue weighted by Gasteiger charge is 2.45. The van der Waals surface area contributed by atoms with Crippen LogP contribution in [-0.2, 0) is 17.7 Å². The van der Waals surface area contributed by atoms with Crippen molar-refractivity contribution in [3.8, 4) is 0 Å². The van der Waals surface area contributed by atoms with Crippen molar-refractivity contribution in [1.29, 1.82) is 0 Å². The van der Waals surface area contributed by atoms with Gasteiger partial charge < -0.3 is 19.9 Å². The maximum atomic E-state index is 13.3. The van der Waals surface area contributed by atoms with E-state index in [2.05, 4.69) is 34.1 Å². The Morgan fingerprint density at radius 2 is 1.90 bits per heavy atom. The number of hydrogen-bond acceptors (Lipinski definition) is 7. The molecule has 4 aromatic rings. The number of aromatic nitrogens is 3. The quantitative estimate of drug-likeness (QED) is 0.308. The maximum Gasteiger partial charge on any atom is 0.260 e. The van der Waals surface area contributed by atoms with Crippen LogP contribution in [0, 0.1) is 5.41 Å². The number of hydrogen-bond donors (Lipinski definition) is 1. The predicted molar refractivity (Wildman–Crippen MR) is 161 cm³/mol. The number of methoxy groups -OCH3 is 1. The molecule has 208 valence electrons. The summed E-state index contributed by atoms with van der Waals surface area (Å²) in [4.78, 5) is 25.8. The van der Waals surface area contributed by atoms with Gasteiger partial charge >= 0.3 is 0 Å². The molecule has 0 amide bonds. The van der Waals surface area contributed by atoms with E-state index in [9.17, 15) is 4.79 Å². The molecule has 1 fully saturated rings. The van der Waals surface area contributed by atoms with Gasteiger partial charge in [0, 0.05) is 37.3 Å². The number of benzene rings is 2. The molecule has 2 aliphatic rings. The van der Waals surface area contributed by atoms with Crippen molar-refractivity contribution in [2.24, 2.45) is 11.1 Å². The molecule has 9 heteroatoms. The Morgan fingerprint density at radius 1 is 1.12 bits per heavy atom. The first-order chi connectivity index (χ1) is 19.2. The zero-order valence-electron chi connectivity index (χ0n) is 23.1. The summed E-state index contributed by atoms with van der Waals surface area (Å²) in [6.07, 6.45) is 8.53. The molecule has 40 heavy (non-hydrogen) atoms. The van der Waals surface area contributed by atoms with E-state index in [-0.39, 0.29) is 17.0 Å². The Morgan fingerprint density at radius 3 is 2.60 bits per heavy atom. The molecule has 1 atom stereocenters. The Balaban J connectivity index is 1.16. The Hall–Kier alpha value is -2.91. The molecular formula is C31H34ClN5O2S. The lowest BCUT2D eigenvalue weighted by atomic mass is 9.73. The molecule has 2 aromatic carbocycles. The summed E-state index contributed by atoms with van der Waals surface area (Å²) < 4.78 is 7.17. The van der Waals surface area contributed by atoms with E-state index < -0.39 is 5.60 Å². The highest BCUT2D eigenvalue weighted by molar-refractivity contribution is 7.99. The zero-order valence-corrected chi connectivity index (χ0v) is 24.6. The van der Waals surface area contributed by atoms with Gasteiger partial charge in [-0.25, -0.2) is 9.97 Å². The van der Waals surface area contributed by atoms with Crippen LogP contribution in [0.3, 0.4) is 0 Å². The average molecular weight is 576 g/mol. The Labute approximate surface area is 243 Å². The summed E-state index contributed by atoms with van der Waals surface area (Å²) in [7, 11) is 1.64. The van der Waals surface area contributed by atoms with Gasteiger partial charge in [-0.15, -0.1) is 0 Å². The largest absolute Gasteiger partial charge is 0.377 e. The van der Waals surface area contributed by atoms with Gasteiger partial charge in [0.2, 0.25) is 0 Å². The molecule has 2 aromatic heterocycles. The van der Waals surface area contributed by atoms with Crippen LogP contribution >= 0.6 is 23.4 Å². The van der Waals surface area contributed by atoms with Crippen molar-refractivity contribution >= 4 is 40.0 Å². The average Bonchev–Trinajstić information content (AvgIpc) is 3.23. The van der Waals surface area contributed by atoms with E-state index in [1.54, 1.807) is 24.1 Å². The third-order valence-electron chi connectivity index (χ3n) is 8.66. The van der Waals surface area contributed by atoms with Gasteiger partial charge in [0.05, 0.1) is 34.9 Å². The fourth-order valence-electron chi connectivity index (χ4n) is 6.11. The van der Waals surface area contributed by atoms with Crippen molar-refractivity contribution in [2.75, 3.05) is 25.1 Å². The number of anilines is 1. The molecule has 1 saturated heterocycles. The predicted octanol–water partition coefficient (Wildman–Crippen LogP) is 5.86. The van der Waals surface area contributed by atoms with Crippen molar-refractivity contribution in [1.82, 2.24) is 14.5 Å². The van der Waals surface area contributed by atoms with E-state index in [1.165, 1.54) is 22.9 Å². The van der Waals surface area contributed by atoms with Gasteiger partial charge in [-0.05, 0) is 67.2 Å². The second-order valence-electron chi connectivity index (χ2n) is 11.6. The second-order valence-corrected chi connectivity index (χ2v) is 13.0. The van der Waals surface area contributed by atoms with Crippen molar-refractivity contribution in [3.05, 3.63) is 87.6 Å². The molecule has 0 radical (unpaired) electrons. The summed E-state index contributed by atoms with van der Waals surface area (Å²) in [5.74, 6) is 0.872. The van der Waals surface area contributed by atoms with Crippen LogP contribution in [0.5, 0.6) is 0 Å². The number of halogens is 1. The molecule has 2 N–H and O–H groups in total. The first-order valence-electron chi connectivity index (χ1n) is 13.6. The molecule has 1 aliphatic carbocycles. The van der Waals surface area contributed by atoms with E-state index in [0.29, 0.717) is 17.0 Å². The van der Waals surface area contributed by atoms with Crippen LogP contribution in [0.2, 0.25) is 5.02 Å². The van der Waals surface area contributed by atoms with Crippen molar-refractivity contribution in [2.45, 2.75) is 61.2 Å². The number of piperidine rings is 1. The molecule has 1 aliphatic heterocycles. The highest BCUT2D eigenvalue weighted by Crippen LogP contribution is 2.51. The standard InChI is InChI=1S/C31H34ClN5O2S/c1-30(2,39-3)19-37-13-10-20-8-9-23(27(32)26(20)29(37)38)40-25-18-34-24(17-35-25)36-14-11-31(12-15-36)16-21-6-4-5-7-22(21)28(31)33/h4-10,13,17-18,28H,11-12,14-16,19,33H2,1-3H3/t28-/m1/s1. The van der Waals surface area contributed by atoms with Gasteiger partial charge in [-0.1, -0.05) is 53.7 Å². The summed E-state index contributed by atoms with van der Waals surface area (Å²) in [5.41, 5.74) is 8.97. The van der Waals surface area contributed by atoms with Crippen LogP contribution in [0.25, 0.3) is 10.8 Å². The lowest BCUT2D eigenvalue weighted by Gasteiger charge is -2.42. The number of rotatable bonds is 6. The minimum Gasteiger partial charge on any atom is -0.377 e. The molecule has 0 saturated carbocycles. The van der Waals surface area contributed by atoms with E-state index >= 15 is 0 Å². The van der Waals surface area contributed by atoms with Crippen LogP contribution < -0.4 is 16.2 Å². The first kappa shape index (κ1) is 27.3. The molecule has 7 nitrogen and oxygen atoms in total. The smallest absolute Gasteiger partial charge is 0.260 e. The molecule has 1 spiro atoms. The monoisotopic (exact) mass is 575 g/mol. The van der Waals surface area contributed by atoms with Gasteiger partial charge in [-0.3, -0.25) is 4.79 Å². The van der Waals surface area contributed by atoms with Crippen LogP contribution in [0.4, 0.5) is 5.82 Å². The molecule has 3 heterocycles. The molecular weight excluding hydrogens is 542 g/mol. The number of fused-ring (bicyclic) bond motifs is 2. The first-order valence-corrected chi connectivity index (χ1v) is 14.8. The lowest BCUT2D eigenvalue weighted by Crippen LogP contribution is -2.44. The van der Waals surface area contributed by atoms with Crippen LogP contribution in [0.15, 0.2) is 75.8 Å². The second kappa shape index (κ2) is 10.5. The van der Waals surface area contributed by atoms with Crippen LogP contribution in [-0.4, -0.2) is 40.3 Å². The molecule has 0 unspecified atom stereocenters. The third-order valence-corrected chi connectivity index (χ3v) is 10.1. The SMILES string of the molecule is COC(C)(C)Cn1ccc2ccc(Sc3cnc(N4CCC5(CC4)Cc4ccccc4[C@H]5N)cn3)c(Cl)c2c1=O. The number of ether oxygens (including phenoxy) is 1. The topological polar surface area (TPSA) is 86.3 Å². The minimum atomic E-state index is -0.475. The number of nitrogens with zero attached hydrogens (tertiary/aromatic N) is 4. The number of pyridine rings is 1.